The third-order valence-electron chi connectivity index (χ3n) is 3.13. The Labute approximate surface area is 108 Å². The van der Waals surface area contributed by atoms with Gasteiger partial charge in [-0.25, -0.2) is 0 Å². The zero-order valence-corrected chi connectivity index (χ0v) is 11.2. The molecule has 0 aliphatic heterocycles. The number of nitrogens with zero attached hydrogens (tertiary/aromatic N) is 3. The van der Waals surface area contributed by atoms with Crippen LogP contribution < -0.4 is 5.32 Å². The first-order valence-electron chi connectivity index (χ1n) is 6.25. The smallest absolute Gasteiger partial charge is 0.0521 e. The summed E-state index contributed by atoms with van der Waals surface area (Å²) in [6.45, 7) is 2.07. The van der Waals surface area contributed by atoms with Crippen LogP contribution in [0.5, 0.6) is 0 Å². The molecular formula is C14H20N4. The number of rotatable bonds is 5. The van der Waals surface area contributed by atoms with Crippen molar-refractivity contribution in [1.29, 1.82) is 0 Å². The molecule has 0 saturated heterocycles. The summed E-state index contributed by atoms with van der Waals surface area (Å²) in [6, 6.07) is 2.54. The molecule has 0 aromatic carbocycles. The number of hydrogen-bond acceptors (Lipinski definition) is 3. The quantitative estimate of drug-likeness (QED) is 0.875. The van der Waals surface area contributed by atoms with Crippen molar-refractivity contribution in [3.63, 3.8) is 0 Å². The van der Waals surface area contributed by atoms with Crippen molar-refractivity contribution in [3.05, 3.63) is 47.5 Å². The molecule has 0 aliphatic rings. The van der Waals surface area contributed by atoms with E-state index < -0.39 is 0 Å². The minimum atomic E-state index is 0.345. The first kappa shape index (κ1) is 12.8. The first-order chi connectivity index (χ1) is 8.69. The van der Waals surface area contributed by atoms with Crippen molar-refractivity contribution in [2.75, 3.05) is 7.05 Å². The molecule has 2 aromatic rings. The van der Waals surface area contributed by atoms with E-state index in [9.17, 15) is 0 Å². The number of pyridine rings is 1. The summed E-state index contributed by atoms with van der Waals surface area (Å²) in [5.74, 6) is 0. The predicted molar refractivity (Wildman–Crippen MR) is 72.3 cm³/mol. The number of aromatic nitrogens is 3. The van der Waals surface area contributed by atoms with Crippen molar-refractivity contribution < 1.29 is 0 Å². The second-order valence-corrected chi connectivity index (χ2v) is 4.70. The fraction of sp³-hybridized carbons (Fsp3) is 0.429. The Morgan fingerprint density at radius 3 is 2.78 bits per heavy atom. The molecule has 0 saturated carbocycles. The molecule has 96 valence electrons. The molecule has 1 unspecified atom stereocenters. The molecule has 0 spiro atoms. The van der Waals surface area contributed by atoms with Crippen molar-refractivity contribution in [2.45, 2.75) is 25.8 Å². The highest BCUT2D eigenvalue weighted by molar-refractivity contribution is 5.20. The van der Waals surface area contributed by atoms with Gasteiger partial charge in [0.25, 0.3) is 0 Å². The molecule has 0 radical (unpaired) electrons. The second-order valence-electron chi connectivity index (χ2n) is 4.70. The van der Waals surface area contributed by atoms with Crippen LogP contribution in [0, 0.1) is 6.92 Å². The van der Waals surface area contributed by atoms with Crippen LogP contribution in [0.3, 0.4) is 0 Å². The number of aryl methyl sites for hydroxylation is 3. The molecule has 2 rings (SSSR count). The second kappa shape index (κ2) is 5.78. The minimum absolute atomic E-state index is 0.345. The SMILES string of the molecule is CNC(CCc1cnn(C)c1)c1cncc(C)c1. The van der Waals surface area contributed by atoms with Crippen molar-refractivity contribution in [3.8, 4) is 0 Å². The molecule has 0 bridgehead atoms. The molecule has 2 aromatic heterocycles. The summed E-state index contributed by atoms with van der Waals surface area (Å²) >= 11 is 0. The third kappa shape index (κ3) is 3.17. The topological polar surface area (TPSA) is 42.7 Å². The Bertz CT molecular complexity index is 504. The van der Waals surface area contributed by atoms with Gasteiger partial charge in [0.2, 0.25) is 0 Å². The predicted octanol–water partition coefficient (Wildman–Crippen LogP) is 2.02. The van der Waals surface area contributed by atoms with Gasteiger partial charge in [0.15, 0.2) is 0 Å². The van der Waals surface area contributed by atoms with E-state index in [0.29, 0.717) is 6.04 Å². The molecule has 4 nitrogen and oxygen atoms in total. The fourth-order valence-electron chi connectivity index (χ4n) is 2.16. The lowest BCUT2D eigenvalue weighted by atomic mass is 10.0. The molecule has 2 heterocycles. The van der Waals surface area contributed by atoms with Crippen molar-refractivity contribution in [1.82, 2.24) is 20.1 Å². The van der Waals surface area contributed by atoms with Gasteiger partial charge in [-0.1, -0.05) is 6.07 Å². The highest BCUT2D eigenvalue weighted by Crippen LogP contribution is 2.18. The molecular weight excluding hydrogens is 224 g/mol. The van der Waals surface area contributed by atoms with Crippen LogP contribution in [0.25, 0.3) is 0 Å². The van der Waals surface area contributed by atoms with Crippen LogP contribution in [-0.2, 0) is 13.5 Å². The summed E-state index contributed by atoms with van der Waals surface area (Å²) in [5.41, 5.74) is 3.73. The van der Waals surface area contributed by atoms with E-state index in [0.717, 1.165) is 12.8 Å². The average Bonchev–Trinajstić information content (AvgIpc) is 2.76. The number of nitrogens with one attached hydrogen (secondary N) is 1. The van der Waals surface area contributed by atoms with Crippen LogP contribution in [0.4, 0.5) is 0 Å². The maximum Gasteiger partial charge on any atom is 0.0521 e. The fourth-order valence-corrected chi connectivity index (χ4v) is 2.16. The Morgan fingerprint density at radius 1 is 1.33 bits per heavy atom. The maximum absolute atomic E-state index is 4.26. The Morgan fingerprint density at radius 2 is 2.17 bits per heavy atom. The summed E-state index contributed by atoms with van der Waals surface area (Å²) < 4.78 is 1.85. The maximum atomic E-state index is 4.26. The van der Waals surface area contributed by atoms with Gasteiger partial charge in [0, 0.05) is 31.7 Å². The van der Waals surface area contributed by atoms with Crippen molar-refractivity contribution >= 4 is 0 Å². The lowest BCUT2D eigenvalue weighted by Crippen LogP contribution is -2.17. The Hall–Kier alpha value is -1.68. The van der Waals surface area contributed by atoms with E-state index in [1.807, 2.05) is 37.4 Å². The zero-order chi connectivity index (χ0) is 13.0. The van der Waals surface area contributed by atoms with Crippen LogP contribution in [-0.4, -0.2) is 21.8 Å². The van der Waals surface area contributed by atoms with E-state index in [2.05, 4.69) is 34.6 Å². The highest BCUT2D eigenvalue weighted by Gasteiger charge is 2.10. The Kier molecular flexibility index (Phi) is 4.10. The molecule has 0 fully saturated rings. The van der Waals surface area contributed by atoms with Gasteiger partial charge in [-0.3, -0.25) is 9.67 Å². The van der Waals surface area contributed by atoms with E-state index in [1.54, 1.807) is 0 Å². The van der Waals surface area contributed by atoms with Gasteiger partial charge in [0.1, 0.15) is 0 Å². The largest absolute Gasteiger partial charge is 0.313 e. The van der Waals surface area contributed by atoms with Crippen LogP contribution in [0.2, 0.25) is 0 Å². The van der Waals surface area contributed by atoms with E-state index in [1.165, 1.54) is 16.7 Å². The van der Waals surface area contributed by atoms with E-state index >= 15 is 0 Å². The first-order valence-corrected chi connectivity index (χ1v) is 6.25. The lowest BCUT2D eigenvalue weighted by molar-refractivity contribution is 0.547. The standard InChI is InChI=1S/C14H20N4/c1-11-6-13(9-16-7-11)14(15-2)5-4-12-8-17-18(3)10-12/h6-10,14-15H,4-5H2,1-3H3. The van der Waals surface area contributed by atoms with Crippen LogP contribution in [0.1, 0.15) is 29.2 Å². The van der Waals surface area contributed by atoms with Gasteiger partial charge < -0.3 is 5.32 Å². The van der Waals surface area contributed by atoms with Gasteiger partial charge in [0.05, 0.1) is 6.20 Å². The van der Waals surface area contributed by atoms with Crippen LogP contribution in [0.15, 0.2) is 30.9 Å². The average molecular weight is 244 g/mol. The number of hydrogen-bond donors (Lipinski definition) is 1. The normalized spacial score (nSPS) is 12.6. The van der Waals surface area contributed by atoms with Crippen LogP contribution >= 0.6 is 0 Å². The summed E-state index contributed by atoms with van der Waals surface area (Å²) in [4.78, 5) is 4.26. The van der Waals surface area contributed by atoms with Gasteiger partial charge >= 0.3 is 0 Å². The summed E-state index contributed by atoms with van der Waals surface area (Å²) in [7, 11) is 3.94. The zero-order valence-electron chi connectivity index (χ0n) is 11.2. The molecule has 1 N–H and O–H groups in total. The van der Waals surface area contributed by atoms with Gasteiger partial charge in [-0.2, -0.15) is 5.10 Å². The summed E-state index contributed by atoms with van der Waals surface area (Å²) in [5, 5.41) is 7.55. The monoisotopic (exact) mass is 244 g/mol. The molecule has 0 aliphatic carbocycles. The molecule has 1 atom stereocenters. The van der Waals surface area contributed by atoms with E-state index in [4.69, 9.17) is 0 Å². The molecule has 18 heavy (non-hydrogen) atoms. The lowest BCUT2D eigenvalue weighted by Gasteiger charge is -2.16. The minimum Gasteiger partial charge on any atom is -0.313 e. The van der Waals surface area contributed by atoms with Gasteiger partial charge in [-0.05, 0) is 43.5 Å². The van der Waals surface area contributed by atoms with Gasteiger partial charge in [-0.15, -0.1) is 0 Å². The van der Waals surface area contributed by atoms with Crippen molar-refractivity contribution in [2.24, 2.45) is 7.05 Å². The summed E-state index contributed by atoms with van der Waals surface area (Å²) in [6.07, 6.45) is 9.90. The Balaban J connectivity index is 2.01. The highest BCUT2D eigenvalue weighted by atomic mass is 15.2. The van der Waals surface area contributed by atoms with E-state index in [-0.39, 0.29) is 0 Å². The third-order valence-corrected chi connectivity index (χ3v) is 3.13. The molecule has 4 heteroatoms. The molecule has 0 amide bonds.